The molecule has 0 aliphatic heterocycles. The fourth-order valence-electron chi connectivity index (χ4n) is 0.868. The summed E-state index contributed by atoms with van der Waals surface area (Å²) in [5.74, 6) is 0. The predicted molar refractivity (Wildman–Crippen MR) is 42.1 cm³/mol. The van der Waals surface area contributed by atoms with Crippen LogP contribution in [0.5, 0.6) is 0 Å². The van der Waals surface area contributed by atoms with Gasteiger partial charge in [0.15, 0.2) is 0 Å². The Morgan fingerprint density at radius 2 is 2.10 bits per heavy atom. The van der Waals surface area contributed by atoms with Crippen LogP contribution < -0.4 is 0 Å². The minimum absolute atomic E-state index is 0. The van der Waals surface area contributed by atoms with Crippen LogP contribution in [0.1, 0.15) is 11.1 Å². The summed E-state index contributed by atoms with van der Waals surface area (Å²) < 4.78 is 0. The van der Waals surface area contributed by atoms with Gasteiger partial charge in [0, 0.05) is 0 Å². The zero-order chi connectivity index (χ0) is 6.69. The maximum atomic E-state index is 2.25. The average molecular weight is 207 g/mol. The molecule has 1 rings (SSSR count). The molecule has 0 aliphatic carbocycles. The minimum Gasteiger partial charge on any atom is -0.147 e. The van der Waals surface area contributed by atoms with Crippen molar-refractivity contribution in [1.82, 2.24) is 0 Å². The van der Waals surface area contributed by atoms with Gasteiger partial charge in [0.2, 0.25) is 0 Å². The Balaban J connectivity index is 0.000000810. The predicted octanol–water partition coefficient (Wildman–Crippen LogP) is 2.46. The normalized spacial score (nSPS) is 8.70. The van der Waals surface area contributed by atoms with Crippen LogP contribution in [0.3, 0.4) is 0 Å². The van der Waals surface area contributed by atoms with E-state index in [-0.39, 0.29) is 12.4 Å². The number of benzene rings is 1. The summed E-state index contributed by atoms with van der Waals surface area (Å²) in [6, 6.07) is 8.71. The molecule has 0 N–H and O–H groups in total. The molecule has 1 aromatic carbocycles. The molecule has 0 aromatic heterocycles. The Hall–Kier alpha value is 0.133. The molecule has 0 heterocycles. The minimum atomic E-state index is 0. The van der Waals surface area contributed by atoms with Crippen LogP contribution in [0, 0.1) is 6.92 Å². The molecule has 0 radical (unpaired) electrons. The van der Waals surface area contributed by atoms with Gasteiger partial charge in [-0.15, -0.1) is 12.4 Å². The van der Waals surface area contributed by atoms with Crippen molar-refractivity contribution in [3.63, 3.8) is 0 Å². The van der Waals surface area contributed by atoms with E-state index in [1.54, 1.807) is 0 Å². The first-order chi connectivity index (χ1) is 4.33. The van der Waals surface area contributed by atoms with Gasteiger partial charge in [-0.2, -0.15) is 0 Å². The summed E-state index contributed by atoms with van der Waals surface area (Å²) in [5, 5.41) is 1.27. The number of halogens is 1. The van der Waals surface area contributed by atoms with Gasteiger partial charge in [-0.1, -0.05) is 0 Å². The SMILES string of the molecule is Cc1cccc([CH2][Zn])c1.Cl. The van der Waals surface area contributed by atoms with E-state index in [0.29, 0.717) is 0 Å². The van der Waals surface area contributed by atoms with Crippen LogP contribution in [0.4, 0.5) is 0 Å². The second-order valence-corrected chi connectivity index (χ2v) is 3.29. The van der Waals surface area contributed by atoms with Crippen molar-refractivity contribution in [1.29, 1.82) is 0 Å². The van der Waals surface area contributed by atoms with Gasteiger partial charge in [-0.05, 0) is 0 Å². The summed E-state index contributed by atoms with van der Waals surface area (Å²) in [7, 11) is 0. The maximum absolute atomic E-state index is 2.25. The van der Waals surface area contributed by atoms with Crippen LogP contribution >= 0.6 is 12.4 Å². The van der Waals surface area contributed by atoms with Crippen molar-refractivity contribution in [3.8, 4) is 0 Å². The van der Waals surface area contributed by atoms with Crippen molar-refractivity contribution >= 4 is 12.4 Å². The van der Waals surface area contributed by atoms with E-state index in [1.165, 1.54) is 34.4 Å². The Kier molecular flexibility index (Phi) is 4.94. The van der Waals surface area contributed by atoms with Gasteiger partial charge in [0.1, 0.15) is 0 Å². The van der Waals surface area contributed by atoms with E-state index < -0.39 is 0 Å². The van der Waals surface area contributed by atoms with Crippen molar-refractivity contribution in [2.45, 2.75) is 11.9 Å². The van der Waals surface area contributed by atoms with Crippen molar-refractivity contribution in [3.05, 3.63) is 35.4 Å². The second kappa shape index (κ2) is 4.87. The molecule has 0 saturated heterocycles. The summed E-state index contributed by atoms with van der Waals surface area (Å²) in [5.41, 5.74) is 2.86. The second-order valence-electron chi connectivity index (χ2n) is 2.24. The van der Waals surface area contributed by atoms with E-state index in [4.69, 9.17) is 0 Å². The monoisotopic (exact) mass is 205 g/mol. The largest absolute Gasteiger partial charge is 0.147 e. The van der Waals surface area contributed by atoms with Gasteiger partial charge in [-0.25, -0.2) is 0 Å². The summed E-state index contributed by atoms with van der Waals surface area (Å²) in [6.45, 7) is 2.14. The number of hydrogen-bond acceptors (Lipinski definition) is 0. The number of hydrogen-bond donors (Lipinski definition) is 0. The molecule has 1 aromatic rings. The van der Waals surface area contributed by atoms with E-state index in [1.807, 2.05) is 0 Å². The van der Waals surface area contributed by atoms with E-state index in [9.17, 15) is 0 Å². The van der Waals surface area contributed by atoms with Crippen LogP contribution in [0.15, 0.2) is 24.3 Å². The van der Waals surface area contributed by atoms with Gasteiger partial charge in [0.25, 0.3) is 0 Å². The van der Waals surface area contributed by atoms with Gasteiger partial charge in [0.05, 0.1) is 0 Å². The Bertz CT molecular complexity index is 198. The van der Waals surface area contributed by atoms with E-state index >= 15 is 0 Å². The van der Waals surface area contributed by atoms with Crippen molar-refractivity contribution < 1.29 is 18.3 Å². The topological polar surface area (TPSA) is 0 Å². The molecule has 0 unspecified atom stereocenters. The summed E-state index contributed by atoms with van der Waals surface area (Å²) in [6.07, 6.45) is 0. The fraction of sp³-hybridized carbons (Fsp3) is 0.250. The maximum Gasteiger partial charge on any atom is -0.147 e. The first kappa shape index (κ1) is 10.1. The zero-order valence-electron chi connectivity index (χ0n) is 6.13. The standard InChI is InChI=1S/C8H9.ClH.Zn/c1-7-4-3-5-8(2)6-7;;/h3-6H,1H2,2H3;1H;. The van der Waals surface area contributed by atoms with Gasteiger partial charge < -0.3 is 0 Å². The van der Waals surface area contributed by atoms with Gasteiger partial charge >= 0.3 is 65.6 Å². The fourth-order valence-corrected chi connectivity index (χ4v) is 1.52. The molecule has 10 heavy (non-hydrogen) atoms. The molecule has 0 spiro atoms. The molecule has 2 heteroatoms. The van der Waals surface area contributed by atoms with E-state index in [2.05, 4.69) is 31.2 Å². The quantitative estimate of drug-likeness (QED) is 0.620. The third-order valence-electron chi connectivity index (χ3n) is 1.37. The molecule has 0 atom stereocenters. The first-order valence-electron chi connectivity index (χ1n) is 3.17. The molecular formula is C8H10ClZn. The molecule has 0 aliphatic rings. The van der Waals surface area contributed by atoms with E-state index in [0.717, 1.165) is 0 Å². The summed E-state index contributed by atoms with van der Waals surface area (Å²) in [4.78, 5) is 0. The zero-order valence-corrected chi connectivity index (χ0v) is 9.92. The molecule has 51 valence electrons. The van der Waals surface area contributed by atoms with Crippen molar-refractivity contribution in [2.24, 2.45) is 0 Å². The van der Waals surface area contributed by atoms with Crippen LogP contribution in [0.2, 0.25) is 0 Å². The number of aryl methyl sites for hydroxylation is 1. The third kappa shape index (κ3) is 2.81. The molecular weight excluding hydrogens is 197 g/mol. The molecule has 0 bridgehead atoms. The van der Waals surface area contributed by atoms with Crippen LogP contribution in [-0.2, 0) is 23.3 Å². The Morgan fingerprint density at radius 1 is 1.40 bits per heavy atom. The third-order valence-corrected chi connectivity index (χ3v) is 2.58. The molecule has 0 amide bonds. The first-order valence-corrected chi connectivity index (χ1v) is 5.27. The van der Waals surface area contributed by atoms with Gasteiger partial charge in [-0.3, -0.25) is 0 Å². The molecule has 0 nitrogen and oxygen atoms in total. The molecule has 0 saturated carbocycles. The Morgan fingerprint density at radius 3 is 2.50 bits per heavy atom. The average Bonchev–Trinajstić information content (AvgIpc) is 1.88. The van der Waals surface area contributed by atoms with Crippen LogP contribution in [0.25, 0.3) is 0 Å². The Labute approximate surface area is 78.1 Å². The number of rotatable bonds is 1. The smallest absolute Gasteiger partial charge is 0.147 e. The van der Waals surface area contributed by atoms with Crippen LogP contribution in [-0.4, -0.2) is 0 Å². The summed E-state index contributed by atoms with van der Waals surface area (Å²) >= 11 is 1.36. The molecule has 0 fully saturated rings. The van der Waals surface area contributed by atoms with Crippen molar-refractivity contribution in [2.75, 3.05) is 0 Å².